The van der Waals surface area contributed by atoms with Crippen LogP contribution in [-0.4, -0.2) is 18.1 Å². The predicted molar refractivity (Wildman–Crippen MR) is 73.1 cm³/mol. The number of nitriles is 1. The first-order valence-electron chi connectivity index (χ1n) is 6.33. The number of hydrogen-bond donors (Lipinski definition) is 1. The fourth-order valence-corrected chi connectivity index (χ4v) is 2.40. The van der Waals surface area contributed by atoms with Crippen LogP contribution in [0.25, 0.3) is 0 Å². The second kappa shape index (κ2) is 4.49. The van der Waals surface area contributed by atoms with E-state index >= 15 is 0 Å². The molecule has 1 fully saturated rings. The monoisotopic (exact) mass is 244 g/mol. The number of nitrogen functional groups attached to an aromatic ring is 1. The first kappa shape index (κ1) is 12.7. The molecule has 4 nitrogen and oxygen atoms in total. The Morgan fingerprint density at radius 1 is 1.44 bits per heavy atom. The van der Waals surface area contributed by atoms with E-state index in [1.165, 1.54) is 6.42 Å². The molecule has 0 aromatic carbocycles. The van der Waals surface area contributed by atoms with Crippen molar-refractivity contribution >= 4 is 11.5 Å². The number of nitrogens with two attached hydrogens (primary N) is 1. The zero-order valence-electron chi connectivity index (χ0n) is 11.3. The van der Waals surface area contributed by atoms with Gasteiger partial charge in [0.25, 0.3) is 0 Å². The molecule has 2 N–H and O–H groups in total. The molecule has 96 valence electrons. The van der Waals surface area contributed by atoms with Gasteiger partial charge in [-0.1, -0.05) is 20.8 Å². The molecule has 1 aromatic rings. The highest BCUT2D eigenvalue weighted by atomic mass is 15.2. The Kier molecular flexibility index (Phi) is 3.16. The summed E-state index contributed by atoms with van der Waals surface area (Å²) in [6.45, 7) is 8.84. The lowest BCUT2D eigenvalue weighted by atomic mass is 9.80. The lowest BCUT2D eigenvalue weighted by Gasteiger charge is -2.27. The van der Waals surface area contributed by atoms with Crippen molar-refractivity contribution in [1.82, 2.24) is 4.98 Å². The van der Waals surface area contributed by atoms with Crippen molar-refractivity contribution in [1.29, 1.82) is 5.26 Å². The Hall–Kier alpha value is -1.76. The molecule has 0 saturated carbocycles. The lowest BCUT2D eigenvalue weighted by molar-refractivity contribution is 0.263. The molecular weight excluding hydrogens is 224 g/mol. The molecule has 2 rings (SSSR count). The second-order valence-electron chi connectivity index (χ2n) is 6.02. The third kappa shape index (κ3) is 2.40. The summed E-state index contributed by atoms with van der Waals surface area (Å²) in [4.78, 5) is 6.58. The third-order valence-corrected chi connectivity index (χ3v) is 3.75. The number of hydrogen-bond acceptors (Lipinski definition) is 4. The topological polar surface area (TPSA) is 65.9 Å². The van der Waals surface area contributed by atoms with Crippen LogP contribution in [0, 0.1) is 22.7 Å². The van der Waals surface area contributed by atoms with Crippen LogP contribution in [0.1, 0.15) is 32.9 Å². The molecule has 1 aliphatic rings. The van der Waals surface area contributed by atoms with Crippen molar-refractivity contribution in [2.45, 2.75) is 27.2 Å². The van der Waals surface area contributed by atoms with Gasteiger partial charge in [0.15, 0.2) is 5.69 Å². The van der Waals surface area contributed by atoms with E-state index in [1.807, 2.05) is 12.1 Å². The highest BCUT2D eigenvalue weighted by Crippen LogP contribution is 2.35. The first-order chi connectivity index (χ1) is 8.41. The van der Waals surface area contributed by atoms with Crippen molar-refractivity contribution in [3.05, 3.63) is 17.8 Å². The Balaban J connectivity index is 2.18. The van der Waals surface area contributed by atoms with Crippen LogP contribution < -0.4 is 10.6 Å². The third-order valence-electron chi connectivity index (χ3n) is 3.75. The summed E-state index contributed by atoms with van der Waals surface area (Å²) in [5.41, 5.74) is 6.79. The van der Waals surface area contributed by atoms with E-state index in [9.17, 15) is 0 Å². The highest BCUT2D eigenvalue weighted by molar-refractivity contribution is 5.55. The lowest BCUT2D eigenvalue weighted by Crippen LogP contribution is -2.26. The standard InChI is InChI=1S/C14H20N4/c1-14(2,3)10-6-7-18(9-10)13-5-4-11(16)12(8-15)17-13/h4-5,10H,6-7,9,16H2,1-3H3. The molecule has 0 amide bonds. The Bertz CT molecular complexity index is 482. The van der Waals surface area contributed by atoms with E-state index < -0.39 is 0 Å². The van der Waals surface area contributed by atoms with Gasteiger partial charge in [-0.25, -0.2) is 4.98 Å². The number of nitrogens with zero attached hydrogens (tertiary/aromatic N) is 3. The minimum atomic E-state index is 0.320. The molecule has 1 saturated heterocycles. The fourth-order valence-electron chi connectivity index (χ4n) is 2.40. The van der Waals surface area contributed by atoms with Crippen LogP contribution in [0.2, 0.25) is 0 Å². The van der Waals surface area contributed by atoms with Crippen molar-refractivity contribution in [3.8, 4) is 6.07 Å². The Morgan fingerprint density at radius 3 is 2.72 bits per heavy atom. The number of aromatic nitrogens is 1. The fraction of sp³-hybridized carbons (Fsp3) is 0.571. The Morgan fingerprint density at radius 2 is 2.17 bits per heavy atom. The predicted octanol–water partition coefficient (Wildman–Crippen LogP) is 2.41. The number of rotatable bonds is 1. The van der Waals surface area contributed by atoms with Gasteiger partial charge in [0, 0.05) is 13.1 Å². The van der Waals surface area contributed by atoms with Gasteiger partial charge in [-0.05, 0) is 29.9 Å². The molecule has 1 aromatic heterocycles. The summed E-state index contributed by atoms with van der Waals surface area (Å²) >= 11 is 0. The smallest absolute Gasteiger partial charge is 0.165 e. The van der Waals surface area contributed by atoms with E-state index in [-0.39, 0.29) is 0 Å². The van der Waals surface area contributed by atoms with Crippen molar-refractivity contribution in [2.24, 2.45) is 11.3 Å². The van der Waals surface area contributed by atoms with E-state index in [0.717, 1.165) is 18.9 Å². The molecule has 0 aliphatic carbocycles. The summed E-state index contributed by atoms with van der Waals surface area (Å²) in [6, 6.07) is 5.71. The number of pyridine rings is 1. The van der Waals surface area contributed by atoms with Gasteiger partial charge in [-0.3, -0.25) is 0 Å². The normalized spacial score (nSPS) is 19.9. The van der Waals surface area contributed by atoms with E-state index in [4.69, 9.17) is 11.0 Å². The molecule has 18 heavy (non-hydrogen) atoms. The van der Waals surface area contributed by atoms with E-state index in [1.54, 1.807) is 6.07 Å². The average Bonchev–Trinajstić information content (AvgIpc) is 2.78. The van der Waals surface area contributed by atoms with Gasteiger partial charge in [0.2, 0.25) is 0 Å². The molecule has 0 radical (unpaired) electrons. The van der Waals surface area contributed by atoms with Gasteiger partial charge >= 0.3 is 0 Å². The van der Waals surface area contributed by atoms with Crippen LogP contribution in [0.5, 0.6) is 0 Å². The summed E-state index contributed by atoms with van der Waals surface area (Å²) in [6.07, 6.45) is 1.18. The minimum Gasteiger partial charge on any atom is -0.396 e. The maximum atomic E-state index is 8.96. The summed E-state index contributed by atoms with van der Waals surface area (Å²) in [5.74, 6) is 1.54. The maximum absolute atomic E-state index is 8.96. The van der Waals surface area contributed by atoms with Gasteiger partial charge in [-0.15, -0.1) is 0 Å². The van der Waals surface area contributed by atoms with Crippen molar-refractivity contribution < 1.29 is 0 Å². The molecule has 1 unspecified atom stereocenters. The minimum absolute atomic E-state index is 0.320. The van der Waals surface area contributed by atoms with Gasteiger partial charge < -0.3 is 10.6 Å². The molecule has 4 heteroatoms. The summed E-state index contributed by atoms with van der Waals surface area (Å²) < 4.78 is 0. The van der Waals surface area contributed by atoms with E-state index in [0.29, 0.717) is 22.7 Å². The largest absolute Gasteiger partial charge is 0.396 e. The molecule has 2 heterocycles. The van der Waals surface area contributed by atoms with Crippen molar-refractivity contribution in [3.63, 3.8) is 0 Å². The highest BCUT2D eigenvalue weighted by Gasteiger charge is 2.32. The van der Waals surface area contributed by atoms with Crippen LogP contribution in [-0.2, 0) is 0 Å². The van der Waals surface area contributed by atoms with Crippen LogP contribution >= 0.6 is 0 Å². The second-order valence-corrected chi connectivity index (χ2v) is 6.02. The van der Waals surface area contributed by atoms with Crippen LogP contribution in [0.4, 0.5) is 11.5 Å². The van der Waals surface area contributed by atoms with Crippen LogP contribution in [0.15, 0.2) is 12.1 Å². The zero-order chi connectivity index (χ0) is 13.3. The maximum Gasteiger partial charge on any atom is 0.165 e. The quantitative estimate of drug-likeness (QED) is 0.823. The molecular formula is C14H20N4. The number of anilines is 2. The average molecular weight is 244 g/mol. The molecule has 1 aliphatic heterocycles. The summed E-state index contributed by atoms with van der Waals surface area (Å²) in [5, 5.41) is 8.96. The Labute approximate surface area is 108 Å². The molecule has 1 atom stereocenters. The molecule has 0 bridgehead atoms. The van der Waals surface area contributed by atoms with Gasteiger partial charge in [-0.2, -0.15) is 5.26 Å². The first-order valence-corrected chi connectivity index (χ1v) is 6.33. The summed E-state index contributed by atoms with van der Waals surface area (Å²) in [7, 11) is 0. The molecule has 0 spiro atoms. The van der Waals surface area contributed by atoms with Crippen LogP contribution in [0.3, 0.4) is 0 Å². The SMILES string of the molecule is CC(C)(C)C1CCN(c2ccc(N)c(C#N)n2)C1. The van der Waals surface area contributed by atoms with E-state index in [2.05, 4.69) is 30.7 Å². The zero-order valence-corrected chi connectivity index (χ0v) is 11.3. The van der Waals surface area contributed by atoms with Gasteiger partial charge in [0.1, 0.15) is 11.9 Å². The van der Waals surface area contributed by atoms with Gasteiger partial charge in [0.05, 0.1) is 5.69 Å². The van der Waals surface area contributed by atoms with Crippen molar-refractivity contribution in [2.75, 3.05) is 23.7 Å².